The smallest absolute Gasteiger partial charge is 0.156 e. The number of hydrogen-bond acceptors (Lipinski definition) is 2. The first kappa shape index (κ1) is 8.19. The van der Waals surface area contributed by atoms with E-state index in [1.807, 2.05) is 24.4 Å². The van der Waals surface area contributed by atoms with Crippen LogP contribution in [0.3, 0.4) is 0 Å². The van der Waals surface area contributed by atoms with Gasteiger partial charge in [0.05, 0.1) is 5.69 Å². The Balaban J connectivity index is 2.49. The van der Waals surface area contributed by atoms with Crippen molar-refractivity contribution in [1.29, 1.82) is 0 Å². The Kier molecular flexibility index (Phi) is 1.98. The molecule has 0 aromatic carbocycles. The van der Waals surface area contributed by atoms with Gasteiger partial charge in [-0.25, -0.2) is 9.37 Å². The lowest BCUT2D eigenvalue weighted by atomic mass is 10.3. The Morgan fingerprint density at radius 3 is 3.08 bits per heavy atom. The lowest BCUT2D eigenvalue weighted by molar-refractivity contribution is 0.346. The highest BCUT2D eigenvalue weighted by atomic mass is 19.1. The summed E-state index contributed by atoms with van der Waals surface area (Å²) in [4.78, 5) is 4.09. The molecule has 2 rings (SSSR count). The Bertz CT molecular complexity index is 377. The van der Waals surface area contributed by atoms with Gasteiger partial charge in [-0.1, -0.05) is 6.07 Å². The molecule has 0 radical (unpaired) electrons. The average molecular weight is 179 g/mol. The standard InChI is InChI=1S/C9H10FN3/c10-7(5-11)8-6-13-4-2-1-3-9(13)12-8/h1-4,6-7H,5,11H2. The van der Waals surface area contributed by atoms with Gasteiger partial charge in [-0.3, -0.25) is 0 Å². The maximum atomic E-state index is 13.1. The lowest BCUT2D eigenvalue weighted by Crippen LogP contribution is -2.07. The van der Waals surface area contributed by atoms with E-state index < -0.39 is 6.17 Å². The topological polar surface area (TPSA) is 43.3 Å². The van der Waals surface area contributed by atoms with E-state index in [0.717, 1.165) is 5.65 Å². The van der Waals surface area contributed by atoms with Crippen LogP contribution in [0, 0.1) is 0 Å². The van der Waals surface area contributed by atoms with E-state index in [4.69, 9.17) is 5.73 Å². The molecule has 2 aromatic heterocycles. The third-order valence-corrected chi connectivity index (χ3v) is 1.91. The van der Waals surface area contributed by atoms with Gasteiger partial charge in [0.25, 0.3) is 0 Å². The summed E-state index contributed by atoms with van der Waals surface area (Å²) in [6.45, 7) is -0.0239. The average Bonchev–Trinajstić information content (AvgIpc) is 2.59. The number of hydrogen-bond donors (Lipinski definition) is 1. The fourth-order valence-electron chi connectivity index (χ4n) is 1.23. The van der Waals surface area contributed by atoms with Gasteiger partial charge in [0.15, 0.2) is 6.17 Å². The zero-order chi connectivity index (χ0) is 9.26. The van der Waals surface area contributed by atoms with Crippen molar-refractivity contribution >= 4 is 5.65 Å². The van der Waals surface area contributed by atoms with Crippen LogP contribution in [0.4, 0.5) is 4.39 Å². The number of alkyl halides is 1. The number of rotatable bonds is 2. The number of fused-ring (bicyclic) bond motifs is 1. The van der Waals surface area contributed by atoms with E-state index in [0.29, 0.717) is 5.69 Å². The molecular weight excluding hydrogens is 169 g/mol. The fraction of sp³-hybridized carbons (Fsp3) is 0.222. The molecule has 68 valence electrons. The minimum atomic E-state index is -1.17. The summed E-state index contributed by atoms with van der Waals surface area (Å²) in [5.41, 5.74) is 6.34. The van der Waals surface area contributed by atoms with Crippen LogP contribution in [0.25, 0.3) is 5.65 Å². The summed E-state index contributed by atoms with van der Waals surface area (Å²) in [6.07, 6.45) is 2.32. The molecule has 0 saturated carbocycles. The van der Waals surface area contributed by atoms with Crippen molar-refractivity contribution in [2.75, 3.05) is 6.54 Å². The monoisotopic (exact) mass is 179 g/mol. The van der Waals surface area contributed by atoms with Crippen LogP contribution in [0.2, 0.25) is 0 Å². The van der Waals surface area contributed by atoms with Crippen molar-refractivity contribution in [3.8, 4) is 0 Å². The van der Waals surface area contributed by atoms with Crippen molar-refractivity contribution in [3.63, 3.8) is 0 Å². The maximum absolute atomic E-state index is 13.1. The Morgan fingerprint density at radius 1 is 1.54 bits per heavy atom. The third-order valence-electron chi connectivity index (χ3n) is 1.91. The highest BCUT2D eigenvalue weighted by Crippen LogP contribution is 2.15. The Hall–Kier alpha value is -1.42. The molecule has 0 saturated heterocycles. The second-order valence-corrected chi connectivity index (χ2v) is 2.84. The SMILES string of the molecule is NCC(F)c1cn2ccccc2n1. The van der Waals surface area contributed by atoms with Crippen LogP contribution < -0.4 is 5.73 Å². The van der Waals surface area contributed by atoms with E-state index in [1.165, 1.54) is 0 Å². The maximum Gasteiger partial charge on any atom is 0.156 e. The largest absolute Gasteiger partial charge is 0.327 e. The number of nitrogens with zero attached hydrogens (tertiary/aromatic N) is 2. The van der Waals surface area contributed by atoms with Crippen LogP contribution in [0.15, 0.2) is 30.6 Å². The number of aromatic nitrogens is 2. The quantitative estimate of drug-likeness (QED) is 0.755. The predicted molar refractivity (Wildman–Crippen MR) is 48.1 cm³/mol. The van der Waals surface area contributed by atoms with E-state index in [-0.39, 0.29) is 6.54 Å². The van der Waals surface area contributed by atoms with Gasteiger partial charge in [-0.15, -0.1) is 0 Å². The first-order valence-electron chi connectivity index (χ1n) is 4.09. The first-order valence-corrected chi connectivity index (χ1v) is 4.09. The third kappa shape index (κ3) is 1.40. The van der Waals surface area contributed by atoms with Crippen LogP contribution >= 0.6 is 0 Å². The Labute approximate surface area is 75.0 Å². The molecule has 1 unspecified atom stereocenters. The highest BCUT2D eigenvalue weighted by Gasteiger charge is 2.10. The minimum absolute atomic E-state index is 0.0239. The molecule has 0 bridgehead atoms. The van der Waals surface area contributed by atoms with Gasteiger partial charge in [-0.05, 0) is 12.1 Å². The summed E-state index contributed by atoms with van der Waals surface area (Å²) >= 11 is 0. The van der Waals surface area contributed by atoms with Crippen LogP contribution in [0.1, 0.15) is 11.9 Å². The van der Waals surface area contributed by atoms with E-state index in [2.05, 4.69) is 4.98 Å². The normalized spacial score (nSPS) is 13.4. The molecule has 13 heavy (non-hydrogen) atoms. The molecule has 0 fully saturated rings. The summed E-state index contributed by atoms with van der Waals surface area (Å²) < 4.78 is 14.9. The van der Waals surface area contributed by atoms with Crippen molar-refractivity contribution in [1.82, 2.24) is 9.38 Å². The molecule has 0 amide bonds. The van der Waals surface area contributed by atoms with E-state index in [1.54, 1.807) is 10.6 Å². The molecule has 0 aliphatic carbocycles. The summed E-state index contributed by atoms with van der Waals surface area (Å²) in [5.74, 6) is 0. The second-order valence-electron chi connectivity index (χ2n) is 2.84. The summed E-state index contributed by atoms with van der Waals surface area (Å²) in [7, 11) is 0. The molecule has 0 spiro atoms. The van der Waals surface area contributed by atoms with Gasteiger partial charge < -0.3 is 10.1 Å². The molecule has 4 heteroatoms. The summed E-state index contributed by atoms with van der Waals surface area (Å²) in [5, 5.41) is 0. The fourth-order valence-corrected chi connectivity index (χ4v) is 1.23. The number of imidazole rings is 1. The number of pyridine rings is 1. The van der Waals surface area contributed by atoms with Gasteiger partial charge in [0.2, 0.25) is 0 Å². The van der Waals surface area contributed by atoms with Gasteiger partial charge >= 0.3 is 0 Å². The van der Waals surface area contributed by atoms with Crippen LogP contribution in [0.5, 0.6) is 0 Å². The number of nitrogens with two attached hydrogens (primary N) is 1. The molecule has 0 aliphatic rings. The van der Waals surface area contributed by atoms with Crippen molar-refractivity contribution < 1.29 is 4.39 Å². The highest BCUT2D eigenvalue weighted by molar-refractivity contribution is 5.39. The molecule has 3 nitrogen and oxygen atoms in total. The molecule has 0 aliphatic heterocycles. The zero-order valence-electron chi connectivity index (χ0n) is 7.02. The second kappa shape index (κ2) is 3.14. The minimum Gasteiger partial charge on any atom is -0.327 e. The lowest BCUT2D eigenvalue weighted by Gasteiger charge is -1.97. The predicted octanol–water partition coefficient (Wildman–Crippen LogP) is 1.30. The summed E-state index contributed by atoms with van der Waals surface area (Å²) in [6, 6.07) is 5.56. The van der Waals surface area contributed by atoms with Gasteiger partial charge in [0.1, 0.15) is 5.65 Å². The van der Waals surface area contributed by atoms with Crippen molar-refractivity contribution in [2.45, 2.75) is 6.17 Å². The number of halogens is 1. The van der Waals surface area contributed by atoms with E-state index in [9.17, 15) is 4.39 Å². The van der Waals surface area contributed by atoms with Gasteiger partial charge in [0, 0.05) is 18.9 Å². The molecule has 1 atom stereocenters. The molecule has 2 heterocycles. The Morgan fingerprint density at radius 2 is 2.38 bits per heavy atom. The van der Waals surface area contributed by atoms with Crippen molar-refractivity contribution in [2.24, 2.45) is 5.73 Å². The molecule has 2 aromatic rings. The zero-order valence-corrected chi connectivity index (χ0v) is 7.02. The van der Waals surface area contributed by atoms with Crippen LogP contribution in [-0.4, -0.2) is 15.9 Å². The van der Waals surface area contributed by atoms with Crippen LogP contribution in [-0.2, 0) is 0 Å². The van der Waals surface area contributed by atoms with E-state index >= 15 is 0 Å². The molecule has 2 N–H and O–H groups in total. The van der Waals surface area contributed by atoms with Crippen molar-refractivity contribution in [3.05, 3.63) is 36.3 Å². The first-order chi connectivity index (χ1) is 6.31. The molecular formula is C9H10FN3. The van der Waals surface area contributed by atoms with Gasteiger partial charge in [-0.2, -0.15) is 0 Å².